The molecular formula is C15H16O5. The number of methoxy groups -OCH3 is 1. The number of rotatable bonds is 2. The lowest BCUT2D eigenvalue weighted by Crippen LogP contribution is -2.27. The van der Waals surface area contributed by atoms with Gasteiger partial charge in [0, 0.05) is 5.39 Å². The van der Waals surface area contributed by atoms with E-state index in [1.54, 1.807) is 39.0 Å². The van der Waals surface area contributed by atoms with Crippen molar-refractivity contribution in [3.63, 3.8) is 0 Å². The number of fused-ring (bicyclic) bond motifs is 1. The van der Waals surface area contributed by atoms with E-state index >= 15 is 0 Å². The van der Waals surface area contributed by atoms with Crippen molar-refractivity contribution in [3.8, 4) is 5.75 Å². The third-order valence-electron chi connectivity index (χ3n) is 2.56. The highest BCUT2D eigenvalue weighted by Gasteiger charge is 2.21. The van der Waals surface area contributed by atoms with Crippen LogP contribution in [0.1, 0.15) is 31.1 Å². The van der Waals surface area contributed by atoms with Crippen LogP contribution >= 0.6 is 0 Å². The average molecular weight is 276 g/mol. The standard InChI is InChI=1S/C15H16O5/c1-15(2,3)20-14(17)11-8-9-7-10(18-4)5-6-12(9)19-13(11)16/h5-8H,1-4H3. The second-order valence-corrected chi connectivity index (χ2v) is 5.35. The molecule has 0 aliphatic carbocycles. The van der Waals surface area contributed by atoms with E-state index in [1.807, 2.05) is 0 Å². The van der Waals surface area contributed by atoms with Crippen molar-refractivity contribution in [1.82, 2.24) is 0 Å². The lowest BCUT2D eigenvalue weighted by molar-refractivity contribution is 0.00654. The second kappa shape index (κ2) is 5.00. The number of carbonyl (C=O) groups excluding carboxylic acids is 1. The van der Waals surface area contributed by atoms with E-state index < -0.39 is 17.2 Å². The van der Waals surface area contributed by atoms with Gasteiger partial charge in [-0.3, -0.25) is 0 Å². The van der Waals surface area contributed by atoms with Gasteiger partial charge in [0.15, 0.2) is 0 Å². The normalized spacial score (nSPS) is 11.4. The van der Waals surface area contributed by atoms with Gasteiger partial charge in [-0.25, -0.2) is 9.59 Å². The molecule has 0 radical (unpaired) electrons. The highest BCUT2D eigenvalue weighted by Crippen LogP contribution is 2.21. The van der Waals surface area contributed by atoms with Gasteiger partial charge in [-0.05, 0) is 45.0 Å². The Balaban J connectivity index is 2.51. The van der Waals surface area contributed by atoms with Gasteiger partial charge in [-0.2, -0.15) is 0 Å². The van der Waals surface area contributed by atoms with Gasteiger partial charge < -0.3 is 13.9 Å². The van der Waals surface area contributed by atoms with Gasteiger partial charge in [0.1, 0.15) is 22.5 Å². The third-order valence-corrected chi connectivity index (χ3v) is 2.56. The van der Waals surface area contributed by atoms with Crippen LogP contribution in [0.2, 0.25) is 0 Å². The summed E-state index contributed by atoms with van der Waals surface area (Å²) >= 11 is 0. The molecule has 1 aromatic heterocycles. The summed E-state index contributed by atoms with van der Waals surface area (Å²) in [5, 5.41) is 0.602. The summed E-state index contributed by atoms with van der Waals surface area (Å²) in [6.45, 7) is 5.20. The van der Waals surface area contributed by atoms with Crippen LogP contribution in [0.5, 0.6) is 5.75 Å². The van der Waals surface area contributed by atoms with E-state index in [2.05, 4.69) is 0 Å². The van der Waals surface area contributed by atoms with Crippen LogP contribution in [0.25, 0.3) is 11.0 Å². The Morgan fingerprint density at radius 2 is 1.90 bits per heavy atom. The van der Waals surface area contributed by atoms with Crippen LogP contribution in [-0.2, 0) is 4.74 Å². The first kappa shape index (κ1) is 14.1. The molecule has 20 heavy (non-hydrogen) atoms. The maximum absolute atomic E-state index is 12.0. The molecule has 0 saturated carbocycles. The van der Waals surface area contributed by atoms with Crippen LogP contribution < -0.4 is 10.4 Å². The Bertz CT molecular complexity index is 706. The van der Waals surface area contributed by atoms with Gasteiger partial charge in [-0.15, -0.1) is 0 Å². The molecule has 5 heteroatoms. The summed E-state index contributed by atoms with van der Waals surface area (Å²) < 4.78 is 15.4. The molecule has 1 aromatic carbocycles. The minimum Gasteiger partial charge on any atom is -0.497 e. The summed E-state index contributed by atoms with van der Waals surface area (Å²) in [6.07, 6.45) is 0. The molecule has 0 atom stereocenters. The van der Waals surface area contributed by atoms with Gasteiger partial charge in [0.05, 0.1) is 7.11 Å². The molecule has 0 fully saturated rings. The Morgan fingerprint density at radius 1 is 1.20 bits per heavy atom. The minimum atomic E-state index is -0.711. The van der Waals surface area contributed by atoms with E-state index in [-0.39, 0.29) is 5.56 Å². The smallest absolute Gasteiger partial charge is 0.351 e. The van der Waals surface area contributed by atoms with Crippen molar-refractivity contribution in [2.24, 2.45) is 0 Å². The molecule has 0 N–H and O–H groups in total. The van der Waals surface area contributed by atoms with E-state index in [0.29, 0.717) is 16.7 Å². The molecule has 0 amide bonds. The fourth-order valence-corrected chi connectivity index (χ4v) is 1.70. The predicted molar refractivity (Wildman–Crippen MR) is 74.2 cm³/mol. The zero-order chi connectivity index (χ0) is 14.9. The zero-order valence-electron chi connectivity index (χ0n) is 11.9. The lowest BCUT2D eigenvalue weighted by atomic mass is 10.1. The van der Waals surface area contributed by atoms with Crippen molar-refractivity contribution in [3.05, 3.63) is 40.2 Å². The number of hydrogen-bond acceptors (Lipinski definition) is 5. The Kier molecular flexibility index (Phi) is 3.53. The number of esters is 1. The first-order valence-corrected chi connectivity index (χ1v) is 6.15. The summed E-state index contributed by atoms with van der Waals surface area (Å²) in [6, 6.07) is 6.44. The van der Waals surface area contributed by atoms with Crippen LogP contribution in [0.15, 0.2) is 33.5 Å². The minimum absolute atomic E-state index is 0.124. The van der Waals surface area contributed by atoms with Gasteiger partial charge in [-0.1, -0.05) is 0 Å². The average Bonchev–Trinajstić information content (AvgIpc) is 2.35. The Morgan fingerprint density at radius 3 is 2.50 bits per heavy atom. The topological polar surface area (TPSA) is 65.7 Å². The first-order valence-electron chi connectivity index (χ1n) is 6.15. The zero-order valence-corrected chi connectivity index (χ0v) is 11.9. The van der Waals surface area contributed by atoms with Crippen LogP contribution in [0.4, 0.5) is 0 Å². The van der Waals surface area contributed by atoms with Crippen molar-refractivity contribution >= 4 is 16.9 Å². The lowest BCUT2D eigenvalue weighted by Gasteiger charge is -2.19. The monoisotopic (exact) mass is 276 g/mol. The molecule has 0 aliphatic rings. The van der Waals surface area contributed by atoms with Crippen molar-refractivity contribution in [1.29, 1.82) is 0 Å². The Hall–Kier alpha value is -2.30. The quantitative estimate of drug-likeness (QED) is 0.623. The fourth-order valence-electron chi connectivity index (χ4n) is 1.70. The Labute approximate surface area is 116 Å². The van der Waals surface area contributed by atoms with E-state index in [4.69, 9.17) is 13.9 Å². The third kappa shape index (κ3) is 2.99. The number of benzene rings is 1. The molecule has 0 saturated heterocycles. The van der Waals surface area contributed by atoms with E-state index in [0.717, 1.165) is 0 Å². The van der Waals surface area contributed by atoms with Gasteiger partial charge in [0.25, 0.3) is 0 Å². The molecule has 106 valence electrons. The molecule has 0 spiro atoms. The SMILES string of the molecule is COc1ccc2oc(=O)c(C(=O)OC(C)(C)C)cc2c1. The van der Waals surface area contributed by atoms with Crippen molar-refractivity contribution in [2.45, 2.75) is 26.4 Å². The summed E-state index contributed by atoms with van der Waals surface area (Å²) in [7, 11) is 1.54. The summed E-state index contributed by atoms with van der Waals surface area (Å²) in [5.41, 5.74) is -1.12. The molecular weight excluding hydrogens is 260 g/mol. The van der Waals surface area contributed by atoms with Crippen LogP contribution in [0, 0.1) is 0 Å². The van der Waals surface area contributed by atoms with E-state index in [1.165, 1.54) is 13.2 Å². The van der Waals surface area contributed by atoms with Gasteiger partial charge >= 0.3 is 11.6 Å². The van der Waals surface area contributed by atoms with Crippen molar-refractivity contribution in [2.75, 3.05) is 7.11 Å². The highest BCUT2D eigenvalue weighted by atomic mass is 16.6. The second-order valence-electron chi connectivity index (χ2n) is 5.35. The highest BCUT2D eigenvalue weighted by molar-refractivity contribution is 5.93. The molecule has 0 aliphatic heterocycles. The van der Waals surface area contributed by atoms with Crippen LogP contribution in [0.3, 0.4) is 0 Å². The molecule has 5 nitrogen and oxygen atoms in total. The number of hydrogen-bond donors (Lipinski definition) is 0. The summed E-state index contributed by atoms with van der Waals surface area (Å²) in [4.78, 5) is 23.8. The molecule has 2 rings (SSSR count). The van der Waals surface area contributed by atoms with E-state index in [9.17, 15) is 9.59 Å². The molecule has 1 heterocycles. The largest absolute Gasteiger partial charge is 0.497 e. The molecule has 0 unspecified atom stereocenters. The molecule has 0 bridgehead atoms. The summed E-state index contributed by atoms with van der Waals surface area (Å²) in [5.74, 6) is -0.0857. The number of carbonyl (C=O) groups is 1. The van der Waals surface area contributed by atoms with Gasteiger partial charge in [0.2, 0.25) is 0 Å². The predicted octanol–water partition coefficient (Wildman–Crippen LogP) is 2.76. The molecule has 2 aromatic rings. The first-order chi connectivity index (χ1) is 9.30. The maximum Gasteiger partial charge on any atom is 0.351 e. The van der Waals surface area contributed by atoms with Crippen LogP contribution in [-0.4, -0.2) is 18.7 Å². The van der Waals surface area contributed by atoms with Crippen molar-refractivity contribution < 1.29 is 18.7 Å². The number of ether oxygens (including phenoxy) is 2. The fraction of sp³-hybridized carbons (Fsp3) is 0.333. The maximum atomic E-state index is 12.0.